The minimum absolute atomic E-state index is 0.00105. The van der Waals surface area contributed by atoms with Gasteiger partial charge in [-0.1, -0.05) is 12.1 Å². The van der Waals surface area contributed by atoms with Crippen molar-refractivity contribution in [2.75, 3.05) is 17.0 Å². The standard InChI is InChI=1S/C12H17FN2O2S/c13-11-4-1-2-5-12(11)15-18(16,17)9-3-8-14-10-6-7-10/h1-2,4-5,10,14-15H,3,6-9H2. The summed E-state index contributed by atoms with van der Waals surface area (Å²) in [5, 5.41) is 3.24. The number of rotatable bonds is 7. The fourth-order valence-corrected chi connectivity index (χ4v) is 2.75. The van der Waals surface area contributed by atoms with Crippen molar-refractivity contribution >= 4 is 15.7 Å². The predicted molar refractivity (Wildman–Crippen MR) is 69.5 cm³/mol. The van der Waals surface area contributed by atoms with Gasteiger partial charge in [-0.25, -0.2) is 12.8 Å². The lowest BCUT2D eigenvalue weighted by Gasteiger charge is -2.08. The van der Waals surface area contributed by atoms with Crippen LogP contribution in [0, 0.1) is 5.82 Å². The summed E-state index contributed by atoms with van der Waals surface area (Å²) in [7, 11) is -3.46. The van der Waals surface area contributed by atoms with Gasteiger partial charge in [-0.3, -0.25) is 4.72 Å². The average Bonchev–Trinajstić information content (AvgIpc) is 3.12. The Morgan fingerprint density at radius 1 is 1.28 bits per heavy atom. The van der Waals surface area contributed by atoms with Crippen molar-refractivity contribution in [2.45, 2.75) is 25.3 Å². The molecule has 0 heterocycles. The Morgan fingerprint density at radius 2 is 2.00 bits per heavy atom. The Morgan fingerprint density at radius 3 is 2.67 bits per heavy atom. The molecular weight excluding hydrogens is 255 g/mol. The number of halogens is 1. The molecule has 0 radical (unpaired) electrons. The predicted octanol–water partition coefficient (Wildman–Crippen LogP) is 1.71. The normalized spacial score (nSPS) is 15.6. The Kier molecular flexibility index (Phi) is 4.19. The van der Waals surface area contributed by atoms with Crippen molar-refractivity contribution in [2.24, 2.45) is 0 Å². The molecule has 0 unspecified atom stereocenters. The van der Waals surface area contributed by atoms with Crippen LogP contribution in [0.1, 0.15) is 19.3 Å². The highest BCUT2D eigenvalue weighted by molar-refractivity contribution is 7.92. The zero-order valence-electron chi connectivity index (χ0n) is 10.0. The second kappa shape index (κ2) is 5.67. The van der Waals surface area contributed by atoms with Crippen molar-refractivity contribution in [3.05, 3.63) is 30.1 Å². The van der Waals surface area contributed by atoms with Gasteiger partial charge in [0, 0.05) is 6.04 Å². The van der Waals surface area contributed by atoms with Crippen LogP contribution in [0.4, 0.5) is 10.1 Å². The van der Waals surface area contributed by atoms with Crippen molar-refractivity contribution in [3.63, 3.8) is 0 Å². The highest BCUT2D eigenvalue weighted by Crippen LogP contribution is 2.18. The number of nitrogens with one attached hydrogen (secondary N) is 2. The molecule has 0 spiro atoms. The zero-order valence-corrected chi connectivity index (χ0v) is 10.8. The summed E-state index contributed by atoms with van der Waals surface area (Å²) in [6.45, 7) is 0.683. The Balaban J connectivity index is 1.80. The van der Waals surface area contributed by atoms with E-state index in [0.717, 1.165) is 0 Å². The molecule has 2 N–H and O–H groups in total. The van der Waals surface area contributed by atoms with Crippen LogP contribution in [0.3, 0.4) is 0 Å². The zero-order chi connectivity index (χ0) is 13.0. The van der Waals surface area contributed by atoms with E-state index < -0.39 is 15.8 Å². The molecule has 0 bridgehead atoms. The smallest absolute Gasteiger partial charge is 0.232 e. The molecule has 0 atom stereocenters. The highest BCUT2D eigenvalue weighted by atomic mass is 32.2. The van der Waals surface area contributed by atoms with E-state index >= 15 is 0 Å². The highest BCUT2D eigenvalue weighted by Gasteiger charge is 2.20. The molecule has 0 aliphatic heterocycles. The van der Waals surface area contributed by atoms with Crippen LogP contribution < -0.4 is 10.0 Å². The Hall–Kier alpha value is -1.14. The lowest BCUT2D eigenvalue weighted by Crippen LogP contribution is -2.23. The van der Waals surface area contributed by atoms with Gasteiger partial charge in [0.05, 0.1) is 11.4 Å². The summed E-state index contributed by atoms with van der Waals surface area (Å²) in [5.41, 5.74) is 0.00709. The van der Waals surface area contributed by atoms with Crippen molar-refractivity contribution in [1.29, 1.82) is 0 Å². The van der Waals surface area contributed by atoms with Crippen molar-refractivity contribution < 1.29 is 12.8 Å². The van der Waals surface area contributed by atoms with Gasteiger partial charge in [-0.2, -0.15) is 0 Å². The summed E-state index contributed by atoms with van der Waals surface area (Å²) < 4.78 is 39.0. The molecule has 1 aromatic carbocycles. The monoisotopic (exact) mass is 272 g/mol. The van der Waals surface area contributed by atoms with Gasteiger partial charge in [0.2, 0.25) is 10.0 Å². The van der Waals surface area contributed by atoms with Crippen LogP contribution in [0.15, 0.2) is 24.3 Å². The number of hydrogen-bond donors (Lipinski definition) is 2. The first-order valence-corrected chi connectivity index (χ1v) is 7.70. The first-order valence-electron chi connectivity index (χ1n) is 6.05. The van der Waals surface area contributed by atoms with Crippen LogP contribution in [0.25, 0.3) is 0 Å². The van der Waals surface area contributed by atoms with Gasteiger partial charge in [-0.15, -0.1) is 0 Å². The van der Waals surface area contributed by atoms with Crippen molar-refractivity contribution in [3.8, 4) is 0 Å². The number of anilines is 1. The molecule has 1 saturated carbocycles. The summed E-state index contributed by atoms with van der Waals surface area (Å²) in [4.78, 5) is 0. The molecule has 18 heavy (non-hydrogen) atoms. The molecule has 1 aliphatic rings. The third-order valence-electron chi connectivity index (χ3n) is 2.74. The minimum atomic E-state index is -3.46. The molecule has 2 rings (SSSR count). The van der Waals surface area contributed by atoms with Gasteiger partial charge in [0.1, 0.15) is 5.82 Å². The van der Waals surface area contributed by atoms with E-state index in [-0.39, 0.29) is 11.4 Å². The van der Waals surface area contributed by atoms with Crippen LogP contribution in [0.2, 0.25) is 0 Å². The minimum Gasteiger partial charge on any atom is -0.314 e. The van der Waals surface area contributed by atoms with E-state index in [1.54, 1.807) is 6.07 Å². The fourth-order valence-electron chi connectivity index (χ4n) is 1.62. The largest absolute Gasteiger partial charge is 0.314 e. The lowest BCUT2D eigenvalue weighted by molar-refractivity contribution is 0.591. The molecule has 1 aliphatic carbocycles. The van der Waals surface area contributed by atoms with Gasteiger partial charge in [0.15, 0.2) is 0 Å². The van der Waals surface area contributed by atoms with Gasteiger partial charge >= 0.3 is 0 Å². The quantitative estimate of drug-likeness (QED) is 0.743. The summed E-state index contributed by atoms with van der Waals surface area (Å²) in [6.07, 6.45) is 2.89. The van der Waals surface area contributed by atoms with Crippen LogP contribution in [-0.4, -0.2) is 26.8 Å². The maximum Gasteiger partial charge on any atom is 0.232 e. The third-order valence-corrected chi connectivity index (χ3v) is 4.10. The molecule has 6 heteroatoms. The molecule has 1 aromatic rings. The Labute approximate surface area is 107 Å². The van der Waals surface area contributed by atoms with Crippen LogP contribution in [0.5, 0.6) is 0 Å². The second-order valence-electron chi connectivity index (χ2n) is 4.48. The van der Waals surface area contributed by atoms with E-state index in [1.807, 2.05) is 0 Å². The van der Waals surface area contributed by atoms with Crippen LogP contribution >= 0.6 is 0 Å². The van der Waals surface area contributed by atoms with Crippen molar-refractivity contribution in [1.82, 2.24) is 5.32 Å². The number of para-hydroxylation sites is 1. The van der Waals surface area contributed by atoms with E-state index in [0.29, 0.717) is 19.0 Å². The number of sulfonamides is 1. The first kappa shape index (κ1) is 13.3. The lowest BCUT2D eigenvalue weighted by atomic mass is 10.3. The SMILES string of the molecule is O=S(=O)(CCCNC1CC1)Nc1ccccc1F. The number of benzene rings is 1. The fraction of sp³-hybridized carbons (Fsp3) is 0.500. The Bertz CT molecular complexity index is 501. The molecule has 0 saturated heterocycles. The molecule has 0 amide bonds. The van der Waals surface area contributed by atoms with E-state index in [2.05, 4.69) is 10.0 Å². The van der Waals surface area contributed by atoms with Gasteiger partial charge in [0.25, 0.3) is 0 Å². The molecule has 1 fully saturated rings. The molecule has 100 valence electrons. The molecular formula is C12H17FN2O2S. The van der Waals surface area contributed by atoms with Crippen LogP contribution in [-0.2, 0) is 10.0 Å². The maximum absolute atomic E-state index is 13.3. The molecule has 4 nitrogen and oxygen atoms in total. The second-order valence-corrected chi connectivity index (χ2v) is 6.32. The summed E-state index contributed by atoms with van der Waals surface area (Å²) in [6, 6.07) is 6.33. The number of hydrogen-bond acceptors (Lipinski definition) is 3. The van der Waals surface area contributed by atoms with E-state index in [1.165, 1.54) is 31.0 Å². The summed E-state index contributed by atoms with van der Waals surface area (Å²) >= 11 is 0. The maximum atomic E-state index is 13.3. The van der Waals surface area contributed by atoms with E-state index in [9.17, 15) is 12.8 Å². The van der Waals surface area contributed by atoms with Gasteiger partial charge < -0.3 is 5.32 Å². The topological polar surface area (TPSA) is 58.2 Å². The third kappa shape index (κ3) is 4.27. The first-order chi connectivity index (χ1) is 8.57. The van der Waals surface area contributed by atoms with Gasteiger partial charge in [-0.05, 0) is 37.9 Å². The van der Waals surface area contributed by atoms with E-state index in [4.69, 9.17) is 0 Å². The summed E-state index contributed by atoms with van der Waals surface area (Å²) in [5.74, 6) is -0.557. The molecule has 0 aromatic heterocycles. The average molecular weight is 272 g/mol.